The molecule has 2 aromatic heterocycles. The molecular weight excluding hydrogens is 452 g/mol. The fourth-order valence-electron chi connectivity index (χ4n) is 4.90. The molecule has 4 heterocycles. The highest BCUT2D eigenvalue weighted by Gasteiger charge is 2.42. The van der Waals surface area contributed by atoms with E-state index in [1.807, 2.05) is 36.5 Å². The van der Waals surface area contributed by atoms with Gasteiger partial charge in [-0.05, 0) is 80.5 Å². The number of benzene rings is 1. The number of nitrogens with one attached hydrogen (secondary N) is 1. The minimum Gasteiger partial charge on any atom is -0.467 e. The Hall–Kier alpha value is -2.83. The van der Waals surface area contributed by atoms with Crippen LogP contribution in [-0.2, 0) is 6.54 Å². The number of fused-ring (bicyclic) bond motifs is 1. The van der Waals surface area contributed by atoms with Gasteiger partial charge in [0.1, 0.15) is 5.76 Å². The molecule has 3 aromatic rings. The van der Waals surface area contributed by atoms with Crippen LogP contribution >= 0.6 is 23.8 Å². The monoisotopic (exact) mass is 478 g/mol. The first kappa shape index (κ1) is 22.0. The number of likely N-dealkylation sites (N-methyl/N-ethyl adjacent to an activating group) is 1. The van der Waals surface area contributed by atoms with Crippen molar-refractivity contribution in [1.29, 1.82) is 0 Å². The minimum absolute atomic E-state index is 0.0831. The average molecular weight is 479 g/mol. The van der Waals surface area contributed by atoms with Gasteiger partial charge in [-0.25, -0.2) is 0 Å². The second kappa shape index (κ2) is 8.19. The topological polar surface area (TPSA) is 44.5 Å². The van der Waals surface area contributed by atoms with Gasteiger partial charge >= 0.3 is 0 Å². The van der Waals surface area contributed by atoms with Crippen molar-refractivity contribution in [2.45, 2.75) is 44.9 Å². The molecule has 0 bridgehead atoms. The summed E-state index contributed by atoms with van der Waals surface area (Å²) >= 11 is 12.8. The van der Waals surface area contributed by atoms with Crippen LogP contribution < -0.4 is 10.2 Å². The van der Waals surface area contributed by atoms with Crippen LogP contribution in [0.4, 0.5) is 5.69 Å². The number of nitrogens with zero attached hydrogens (tertiary/aromatic N) is 3. The number of rotatable bonds is 4. The Morgan fingerprint density at radius 3 is 2.73 bits per heavy atom. The van der Waals surface area contributed by atoms with Gasteiger partial charge in [-0.3, -0.25) is 4.98 Å². The normalized spacial score (nSPS) is 21.6. The quantitative estimate of drug-likeness (QED) is 0.455. The molecule has 1 saturated heterocycles. The summed E-state index contributed by atoms with van der Waals surface area (Å²) in [5.74, 6) is 0.845. The van der Waals surface area contributed by atoms with Crippen molar-refractivity contribution in [2.75, 3.05) is 11.9 Å². The molecule has 1 fully saturated rings. The summed E-state index contributed by atoms with van der Waals surface area (Å²) in [5, 5.41) is 4.87. The molecule has 1 aromatic carbocycles. The van der Waals surface area contributed by atoms with E-state index in [1.54, 1.807) is 6.26 Å². The Balaban J connectivity index is 1.65. The van der Waals surface area contributed by atoms with Crippen LogP contribution in [-0.4, -0.2) is 27.6 Å². The fourth-order valence-corrected chi connectivity index (χ4v) is 5.47. The van der Waals surface area contributed by atoms with E-state index in [0.717, 1.165) is 22.7 Å². The number of pyridine rings is 1. The molecule has 5 nitrogen and oxygen atoms in total. The largest absolute Gasteiger partial charge is 0.467 e. The second-order valence-corrected chi connectivity index (χ2v) is 10.1. The molecule has 2 aliphatic rings. The van der Waals surface area contributed by atoms with Crippen LogP contribution in [0.15, 0.2) is 65.4 Å². The molecule has 33 heavy (non-hydrogen) atoms. The highest BCUT2D eigenvalue weighted by Crippen LogP contribution is 2.47. The number of thiocarbonyl (C=S) groups is 1. The molecule has 0 unspecified atom stereocenters. The summed E-state index contributed by atoms with van der Waals surface area (Å²) in [4.78, 5) is 9.06. The lowest BCUT2D eigenvalue weighted by atomic mass is 9.86. The number of allylic oxidation sites excluding steroid dienone is 1. The number of anilines is 1. The first-order valence-corrected chi connectivity index (χ1v) is 11.8. The van der Waals surface area contributed by atoms with Crippen LogP contribution in [0.5, 0.6) is 0 Å². The lowest BCUT2D eigenvalue weighted by Gasteiger charge is -2.41. The summed E-state index contributed by atoms with van der Waals surface area (Å²) < 4.78 is 5.65. The van der Waals surface area contributed by atoms with Gasteiger partial charge in [-0.2, -0.15) is 0 Å². The van der Waals surface area contributed by atoms with Gasteiger partial charge < -0.3 is 19.5 Å². The zero-order valence-corrected chi connectivity index (χ0v) is 20.7. The first-order chi connectivity index (χ1) is 15.8. The fraction of sp³-hybridized carbons (Fsp3) is 0.308. The smallest absolute Gasteiger partial charge is 0.170 e. The van der Waals surface area contributed by atoms with Crippen LogP contribution in [0.25, 0.3) is 5.57 Å². The van der Waals surface area contributed by atoms with Crippen molar-refractivity contribution in [3.8, 4) is 0 Å². The molecule has 0 spiro atoms. The lowest BCUT2D eigenvalue weighted by Crippen LogP contribution is -2.42. The molecule has 5 rings (SSSR count). The van der Waals surface area contributed by atoms with Gasteiger partial charge in [0.25, 0.3) is 0 Å². The highest BCUT2D eigenvalue weighted by atomic mass is 35.5. The molecule has 0 saturated carbocycles. The Kier molecular flexibility index (Phi) is 5.46. The van der Waals surface area contributed by atoms with Crippen LogP contribution in [0, 0.1) is 0 Å². The summed E-state index contributed by atoms with van der Waals surface area (Å²) in [7, 11) is 2.12. The summed E-state index contributed by atoms with van der Waals surface area (Å²) in [5.41, 5.74) is 5.42. The van der Waals surface area contributed by atoms with Gasteiger partial charge in [0.15, 0.2) is 5.11 Å². The van der Waals surface area contributed by atoms with E-state index in [4.69, 9.17) is 28.2 Å². The number of furan rings is 1. The SMILES string of the molecule is CC1=CC(C)(C)N(C)c2cc(Cl)c([C@H]3[C@H](c4ccccn4)NC(=S)N3Cc3ccco3)cc21. The van der Waals surface area contributed by atoms with Gasteiger partial charge in [-0.1, -0.05) is 23.7 Å². The lowest BCUT2D eigenvalue weighted by molar-refractivity contribution is 0.287. The predicted octanol–water partition coefficient (Wildman–Crippen LogP) is 6.13. The third-order valence-corrected chi connectivity index (χ3v) is 7.44. The maximum atomic E-state index is 7.01. The van der Waals surface area contributed by atoms with Crippen LogP contribution in [0.3, 0.4) is 0 Å². The molecule has 2 aliphatic heterocycles. The molecule has 0 amide bonds. The second-order valence-electron chi connectivity index (χ2n) is 9.26. The standard InChI is InChI=1S/C26H27ClN4OS/c1-16-14-26(2,3)30(4)22-13-20(27)19(12-18(16)22)24-23(21-9-5-6-10-28-21)29-25(33)31(24)15-17-8-7-11-32-17/h5-14,23-24H,15H2,1-4H3,(H,29,33)/t23-,24-/m0/s1. The first-order valence-electron chi connectivity index (χ1n) is 11.0. The van der Waals surface area contributed by atoms with E-state index in [-0.39, 0.29) is 17.6 Å². The average Bonchev–Trinajstić information content (AvgIpc) is 3.41. The molecule has 0 radical (unpaired) electrons. The third kappa shape index (κ3) is 3.81. The number of aromatic nitrogens is 1. The number of hydrogen-bond donors (Lipinski definition) is 1. The van der Waals surface area contributed by atoms with Crippen molar-refractivity contribution in [1.82, 2.24) is 15.2 Å². The molecular formula is C26H27ClN4OS. The van der Waals surface area contributed by atoms with Gasteiger partial charge in [0.05, 0.1) is 36.1 Å². The molecule has 7 heteroatoms. The van der Waals surface area contributed by atoms with E-state index in [2.05, 4.69) is 66.1 Å². The van der Waals surface area contributed by atoms with Crippen LogP contribution in [0.2, 0.25) is 5.02 Å². The highest BCUT2D eigenvalue weighted by molar-refractivity contribution is 7.80. The Bertz CT molecular complexity index is 1220. The molecule has 0 aliphatic carbocycles. The van der Waals surface area contributed by atoms with E-state index in [1.165, 1.54) is 11.1 Å². The van der Waals surface area contributed by atoms with E-state index in [9.17, 15) is 0 Å². The van der Waals surface area contributed by atoms with E-state index >= 15 is 0 Å². The number of halogens is 1. The molecule has 170 valence electrons. The van der Waals surface area contributed by atoms with Crippen molar-refractivity contribution < 1.29 is 4.42 Å². The van der Waals surface area contributed by atoms with Crippen molar-refractivity contribution in [3.05, 3.63) is 88.6 Å². The maximum absolute atomic E-state index is 7.01. The minimum atomic E-state index is -0.136. The zero-order chi connectivity index (χ0) is 23.3. The summed E-state index contributed by atoms with van der Waals surface area (Å²) in [6.07, 6.45) is 5.80. The Morgan fingerprint density at radius 2 is 2.03 bits per heavy atom. The van der Waals surface area contributed by atoms with Crippen molar-refractivity contribution in [3.63, 3.8) is 0 Å². The van der Waals surface area contributed by atoms with Gasteiger partial charge in [0.2, 0.25) is 0 Å². The van der Waals surface area contributed by atoms with Gasteiger partial charge in [0, 0.05) is 29.5 Å². The van der Waals surface area contributed by atoms with Crippen molar-refractivity contribution in [2.24, 2.45) is 0 Å². The third-order valence-electron chi connectivity index (χ3n) is 6.76. The summed E-state index contributed by atoms with van der Waals surface area (Å²) in [6, 6.07) is 13.8. The zero-order valence-electron chi connectivity index (χ0n) is 19.2. The number of hydrogen-bond acceptors (Lipinski definition) is 4. The van der Waals surface area contributed by atoms with Gasteiger partial charge in [-0.15, -0.1) is 0 Å². The Morgan fingerprint density at radius 1 is 1.21 bits per heavy atom. The molecule has 1 N–H and O–H groups in total. The summed E-state index contributed by atoms with van der Waals surface area (Å²) in [6.45, 7) is 7.13. The van der Waals surface area contributed by atoms with Crippen LogP contribution in [0.1, 0.15) is 55.4 Å². The van der Waals surface area contributed by atoms with E-state index in [0.29, 0.717) is 16.7 Å². The molecule has 2 atom stereocenters. The predicted molar refractivity (Wildman–Crippen MR) is 137 cm³/mol. The van der Waals surface area contributed by atoms with E-state index < -0.39 is 0 Å². The Labute approximate surface area is 205 Å². The van der Waals surface area contributed by atoms with Crippen molar-refractivity contribution >= 4 is 40.2 Å². The maximum Gasteiger partial charge on any atom is 0.170 e.